The summed E-state index contributed by atoms with van der Waals surface area (Å²) in [5.74, 6) is 0.571. The minimum atomic E-state index is -0.174. The van der Waals surface area contributed by atoms with Crippen LogP contribution in [0, 0.1) is 0 Å². The molecule has 0 saturated heterocycles. The quantitative estimate of drug-likeness (QED) is 0.772. The number of rotatable bonds is 4. The third-order valence-electron chi connectivity index (χ3n) is 3.35. The molecule has 0 aliphatic rings. The summed E-state index contributed by atoms with van der Waals surface area (Å²) in [7, 11) is 0. The van der Waals surface area contributed by atoms with E-state index in [4.69, 9.17) is 16.1 Å². The first-order chi connectivity index (χ1) is 11.5. The summed E-state index contributed by atoms with van der Waals surface area (Å²) >= 11 is 5.89. The Morgan fingerprint density at radius 3 is 2.54 bits per heavy atom. The maximum atomic E-state index is 12.3. The number of hydrogen-bond donors (Lipinski definition) is 1. The van der Waals surface area contributed by atoms with Crippen molar-refractivity contribution in [2.24, 2.45) is 0 Å². The van der Waals surface area contributed by atoms with Crippen molar-refractivity contribution in [3.63, 3.8) is 0 Å². The Bertz CT molecular complexity index is 857. The second kappa shape index (κ2) is 6.84. The number of amides is 1. The van der Waals surface area contributed by atoms with E-state index < -0.39 is 0 Å². The van der Waals surface area contributed by atoms with Gasteiger partial charge in [0.1, 0.15) is 0 Å². The molecule has 3 aromatic rings. The van der Waals surface area contributed by atoms with Crippen LogP contribution in [0.2, 0.25) is 5.02 Å². The Labute approximate surface area is 144 Å². The Kier molecular flexibility index (Phi) is 4.62. The molecule has 24 heavy (non-hydrogen) atoms. The molecule has 0 aliphatic carbocycles. The molecule has 0 atom stereocenters. The minimum Gasteiger partial charge on any atom is -0.350 e. The first-order valence-electron chi connectivity index (χ1n) is 7.54. The molecular weight excluding hydrogens is 326 g/mol. The Morgan fingerprint density at radius 1 is 1.12 bits per heavy atom. The highest BCUT2D eigenvalue weighted by Crippen LogP contribution is 2.26. The SMILES string of the molecule is CC(C)NC(=O)c1ccccc1-c1nc(-c2ccc(Cl)cc2)no1. The number of aromatic nitrogens is 2. The molecule has 122 valence electrons. The van der Waals surface area contributed by atoms with Crippen LogP contribution in [0.15, 0.2) is 53.1 Å². The summed E-state index contributed by atoms with van der Waals surface area (Å²) in [6, 6.07) is 14.3. The summed E-state index contributed by atoms with van der Waals surface area (Å²) in [5.41, 5.74) is 1.89. The van der Waals surface area contributed by atoms with Crippen molar-refractivity contribution < 1.29 is 9.32 Å². The summed E-state index contributed by atoms with van der Waals surface area (Å²) in [6.45, 7) is 3.82. The summed E-state index contributed by atoms with van der Waals surface area (Å²) in [5, 5.41) is 7.50. The fourth-order valence-electron chi connectivity index (χ4n) is 2.26. The molecule has 0 bridgehead atoms. The number of halogens is 1. The van der Waals surface area contributed by atoms with Crippen molar-refractivity contribution in [3.05, 3.63) is 59.1 Å². The van der Waals surface area contributed by atoms with Crippen molar-refractivity contribution in [1.29, 1.82) is 0 Å². The van der Waals surface area contributed by atoms with Crippen LogP contribution < -0.4 is 5.32 Å². The Hall–Kier alpha value is -2.66. The zero-order valence-corrected chi connectivity index (χ0v) is 14.0. The topological polar surface area (TPSA) is 68.0 Å². The molecule has 2 aromatic carbocycles. The Morgan fingerprint density at radius 2 is 1.83 bits per heavy atom. The summed E-state index contributed by atoms with van der Waals surface area (Å²) in [4.78, 5) is 16.7. The average Bonchev–Trinajstić information content (AvgIpc) is 3.05. The van der Waals surface area contributed by atoms with Crippen LogP contribution >= 0.6 is 11.6 Å². The molecule has 3 rings (SSSR count). The van der Waals surface area contributed by atoms with Crippen LogP contribution in [0.5, 0.6) is 0 Å². The van der Waals surface area contributed by atoms with E-state index in [1.165, 1.54) is 0 Å². The predicted octanol–water partition coefficient (Wildman–Crippen LogP) is 4.20. The summed E-state index contributed by atoms with van der Waals surface area (Å²) < 4.78 is 5.36. The Balaban J connectivity index is 1.96. The van der Waals surface area contributed by atoms with Gasteiger partial charge in [-0.2, -0.15) is 4.98 Å². The van der Waals surface area contributed by atoms with Gasteiger partial charge < -0.3 is 9.84 Å². The third-order valence-corrected chi connectivity index (χ3v) is 3.60. The van der Waals surface area contributed by atoms with E-state index in [0.717, 1.165) is 5.56 Å². The minimum absolute atomic E-state index is 0.0397. The second-order valence-corrected chi connectivity index (χ2v) is 6.04. The van der Waals surface area contributed by atoms with Crippen molar-refractivity contribution >= 4 is 17.5 Å². The fourth-order valence-corrected chi connectivity index (χ4v) is 2.38. The van der Waals surface area contributed by atoms with Gasteiger partial charge in [0.25, 0.3) is 11.8 Å². The number of carbonyl (C=O) groups is 1. The lowest BCUT2D eigenvalue weighted by molar-refractivity contribution is 0.0943. The number of nitrogens with zero attached hydrogens (tertiary/aromatic N) is 2. The van der Waals surface area contributed by atoms with Gasteiger partial charge >= 0.3 is 0 Å². The van der Waals surface area contributed by atoms with Crippen molar-refractivity contribution in [1.82, 2.24) is 15.5 Å². The van der Waals surface area contributed by atoms with Crippen molar-refractivity contribution in [2.75, 3.05) is 0 Å². The molecule has 1 aromatic heterocycles. The van der Waals surface area contributed by atoms with E-state index in [1.54, 1.807) is 30.3 Å². The van der Waals surface area contributed by atoms with E-state index in [9.17, 15) is 4.79 Å². The zero-order valence-electron chi connectivity index (χ0n) is 13.3. The largest absolute Gasteiger partial charge is 0.350 e. The maximum absolute atomic E-state index is 12.3. The lowest BCUT2D eigenvalue weighted by atomic mass is 10.1. The molecule has 1 N–H and O–H groups in total. The van der Waals surface area contributed by atoms with E-state index in [0.29, 0.717) is 27.9 Å². The van der Waals surface area contributed by atoms with Crippen LogP contribution in [0.3, 0.4) is 0 Å². The molecular formula is C18H16ClN3O2. The third kappa shape index (κ3) is 3.46. The standard InChI is InChI=1S/C18H16ClN3O2/c1-11(2)20-17(23)14-5-3-4-6-15(14)18-21-16(22-24-18)12-7-9-13(19)10-8-12/h3-11H,1-2H3,(H,20,23). The lowest BCUT2D eigenvalue weighted by Gasteiger charge is -2.10. The highest BCUT2D eigenvalue weighted by Gasteiger charge is 2.18. The van der Waals surface area contributed by atoms with Gasteiger partial charge in [0.15, 0.2) is 0 Å². The monoisotopic (exact) mass is 341 g/mol. The molecule has 0 saturated carbocycles. The van der Waals surface area contributed by atoms with Gasteiger partial charge in [-0.25, -0.2) is 0 Å². The number of carbonyl (C=O) groups excluding carboxylic acids is 1. The van der Waals surface area contributed by atoms with Crippen LogP contribution in [-0.2, 0) is 0 Å². The number of nitrogens with one attached hydrogen (secondary N) is 1. The average molecular weight is 342 g/mol. The molecule has 0 aliphatic heterocycles. The zero-order chi connectivity index (χ0) is 17.1. The summed E-state index contributed by atoms with van der Waals surface area (Å²) in [6.07, 6.45) is 0. The predicted molar refractivity (Wildman–Crippen MR) is 92.8 cm³/mol. The van der Waals surface area contributed by atoms with Crippen LogP contribution in [0.1, 0.15) is 24.2 Å². The van der Waals surface area contributed by atoms with Crippen molar-refractivity contribution in [2.45, 2.75) is 19.9 Å². The molecule has 1 amide bonds. The van der Waals surface area contributed by atoms with Gasteiger partial charge in [0.05, 0.1) is 11.1 Å². The normalized spacial score (nSPS) is 10.8. The highest BCUT2D eigenvalue weighted by molar-refractivity contribution is 6.30. The highest BCUT2D eigenvalue weighted by atomic mass is 35.5. The first-order valence-corrected chi connectivity index (χ1v) is 7.92. The maximum Gasteiger partial charge on any atom is 0.259 e. The smallest absolute Gasteiger partial charge is 0.259 e. The van der Waals surface area contributed by atoms with Crippen LogP contribution in [0.25, 0.3) is 22.8 Å². The molecule has 0 radical (unpaired) electrons. The van der Waals surface area contributed by atoms with Crippen LogP contribution in [-0.4, -0.2) is 22.1 Å². The lowest BCUT2D eigenvalue weighted by Crippen LogP contribution is -2.30. The van der Waals surface area contributed by atoms with Crippen LogP contribution in [0.4, 0.5) is 0 Å². The molecule has 0 unspecified atom stereocenters. The fraction of sp³-hybridized carbons (Fsp3) is 0.167. The van der Waals surface area contributed by atoms with Gasteiger partial charge in [-0.3, -0.25) is 4.79 Å². The van der Waals surface area contributed by atoms with Gasteiger partial charge in [-0.15, -0.1) is 0 Å². The number of hydrogen-bond acceptors (Lipinski definition) is 4. The van der Waals surface area contributed by atoms with Gasteiger partial charge in [0, 0.05) is 16.6 Å². The van der Waals surface area contributed by atoms with Gasteiger partial charge in [-0.1, -0.05) is 28.9 Å². The van der Waals surface area contributed by atoms with Gasteiger partial charge in [0.2, 0.25) is 5.82 Å². The molecule has 0 fully saturated rings. The second-order valence-electron chi connectivity index (χ2n) is 5.60. The van der Waals surface area contributed by atoms with Crippen molar-refractivity contribution in [3.8, 4) is 22.8 Å². The molecule has 1 heterocycles. The van der Waals surface area contributed by atoms with E-state index >= 15 is 0 Å². The van der Waals surface area contributed by atoms with E-state index in [-0.39, 0.29) is 11.9 Å². The molecule has 0 spiro atoms. The first kappa shape index (κ1) is 16.2. The van der Waals surface area contributed by atoms with E-state index in [1.807, 2.05) is 32.0 Å². The molecule has 5 nitrogen and oxygen atoms in total. The molecule has 6 heteroatoms. The van der Waals surface area contributed by atoms with E-state index in [2.05, 4.69) is 15.5 Å². The number of benzene rings is 2. The van der Waals surface area contributed by atoms with Gasteiger partial charge in [-0.05, 0) is 50.2 Å².